The average molecular weight is 398 g/mol. The lowest BCUT2D eigenvalue weighted by Gasteiger charge is -2.24. The van der Waals surface area contributed by atoms with E-state index in [-0.39, 0.29) is 11.9 Å². The third-order valence-corrected chi connectivity index (χ3v) is 5.20. The molecular weight excluding hydrogens is 362 g/mol. The van der Waals surface area contributed by atoms with Crippen LogP contribution >= 0.6 is 0 Å². The molecule has 2 rings (SSSR count). The molecule has 0 fully saturated rings. The molecule has 0 saturated carbocycles. The fraction of sp³-hybridized carbons (Fsp3) is 0.480. The van der Waals surface area contributed by atoms with E-state index in [0.29, 0.717) is 12.3 Å². The van der Waals surface area contributed by atoms with Crippen LogP contribution in [0.2, 0.25) is 0 Å². The lowest BCUT2D eigenvalue weighted by molar-refractivity contribution is -0.128. The average Bonchev–Trinajstić information content (AvgIpc) is 2.64. The maximum absolute atomic E-state index is 12.9. The first-order valence-corrected chi connectivity index (χ1v) is 10.4. The van der Waals surface area contributed by atoms with Gasteiger partial charge in [0.15, 0.2) is 6.10 Å². The van der Waals surface area contributed by atoms with E-state index in [1.165, 1.54) is 0 Å². The molecule has 0 aromatic heterocycles. The van der Waals surface area contributed by atoms with Crippen molar-refractivity contribution >= 4 is 5.91 Å². The first kappa shape index (κ1) is 22.8. The Bertz CT molecular complexity index is 837. The second kappa shape index (κ2) is 9.82. The van der Waals surface area contributed by atoms with Crippen molar-refractivity contribution in [3.8, 4) is 11.5 Å². The fourth-order valence-corrected chi connectivity index (χ4v) is 3.68. The summed E-state index contributed by atoms with van der Waals surface area (Å²) >= 11 is 0. The van der Waals surface area contributed by atoms with Crippen molar-refractivity contribution in [2.45, 2.75) is 73.0 Å². The van der Waals surface area contributed by atoms with Crippen molar-refractivity contribution in [3.63, 3.8) is 0 Å². The summed E-state index contributed by atoms with van der Waals surface area (Å²) in [4.78, 5) is 12.9. The van der Waals surface area contributed by atoms with Crippen molar-refractivity contribution in [1.82, 2.24) is 5.32 Å². The number of hydrogen-bond donors (Lipinski definition) is 1. The molecule has 1 amide bonds. The van der Waals surface area contributed by atoms with Crippen LogP contribution in [0.5, 0.6) is 11.5 Å². The molecule has 0 unspecified atom stereocenters. The van der Waals surface area contributed by atoms with Crippen LogP contribution in [0.15, 0.2) is 30.3 Å². The molecule has 0 spiro atoms. The van der Waals surface area contributed by atoms with E-state index in [2.05, 4.69) is 37.4 Å². The van der Waals surface area contributed by atoms with Crippen LogP contribution in [0.1, 0.15) is 73.9 Å². The van der Waals surface area contributed by atoms with E-state index in [1.54, 1.807) is 7.11 Å². The highest BCUT2D eigenvalue weighted by Crippen LogP contribution is 2.32. The van der Waals surface area contributed by atoms with E-state index in [1.807, 2.05) is 46.8 Å². The molecule has 2 atom stereocenters. The van der Waals surface area contributed by atoms with Gasteiger partial charge in [0.1, 0.15) is 11.5 Å². The summed E-state index contributed by atoms with van der Waals surface area (Å²) in [6, 6.07) is 10.1. The van der Waals surface area contributed by atoms with Crippen molar-refractivity contribution in [2.75, 3.05) is 7.11 Å². The molecular formula is C25H35NO3. The minimum absolute atomic E-state index is 0.0968. The van der Waals surface area contributed by atoms with Crippen LogP contribution in [0, 0.1) is 20.8 Å². The van der Waals surface area contributed by atoms with Crippen molar-refractivity contribution in [1.29, 1.82) is 0 Å². The predicted octanol–water partition coefficient (Wildman–Crippen LogP) is 5.78. The van der Waals surface area contributed by atoms with Gasteiger partial charge in [-0.25, -0.2) is 0 Å². The monoisotopic (exact) mass is 397 g/mol. The lowest BCUT2D eigenvalue weighted by atomic mass is 9.93. The topological polar surface area (TPSA) is 47.6 Å². The fourth-order valence-electron chi connectivity index (χ4n) is 3.68. The lowest BCUT2D eigenvalue weighted by Crippen LogP contribution is -2.39. The number of rotatable bonds is 8. The number of ether oxygens (including phenoxy) is 2. The van der Waals surface area contributed by atoms with Gasteiger partial charge in [0, 0.05) is 0 Å². The third-order valence-electron chi connectivity index (χ3n) is 5.20. The molecule has 29 heavy (non-hydrogen) atoms. The summed E-state index contributed by atoms with van der Waals surface area (Å²) in [5.41, 5.74) is 5.59. The van der Waals surface area contributed by atoms with Gasteiger partial charge in [-0.3, -0.25) is 4.79 Å². The van der Waals surface area contributed by atoms with Gasteiger partial charge >= 0.3 is 0 Å². The molecule has 0 aliphatic carbocycles. The standard InChI is InChI=1S/C25H35NO3/c1-9-23(29-20-11-16(4)10-17(5)12-20)25(27)26-19(7)22-14-21(15(2)3)24(28-8)13-18(22)6/h10-15,19,23H,9H2,1-8H3,(H,26,27)/t19-,23+/m0/s1. The number of hydrogen-bond acceptors (Lipinski definition) is 3. The van der Waals surface area contributed by atoms with E-state index in [9.17, 15) is 4.79 Å². The Balaban J connectivity index is 2.19. The van der Waals surface area contributed by atoms with Gasteiger partial charge in [0.05, 0.1) is 13.2 Å². The van der Waals surface area contributed by atoms with Gasteiger partial charge in [-0.05, 0) is 92.1 Å². The minimum Gasteiger partial charge on any atom is -0.496 e. The third kappa shape index (κ3) is 5.75. The number of aryl methyl sites for hydroxylation is 3. The maximum Gasteiger partial charge on any atom is 0.261 e. The molecule has 0 saturated heterocycles. The number of nitrogens with one attached hydrogen (secondary N) is 1. The van der Waals surface area contributed by atoms with Crippen LogP contribution in [-0.2, 0) is 4.79 Å². The molecule has 2 aromatic carbocycles. The molecule has 0 radical (unpaired) electrons. The summed E-state index contributed by atoms with van der Waals surface area (Å²) in [5, 5.41) is 3.14. The zero-order chi connectivity index (χ0) is 21.7. The number of benzene rings is 2. The summed E-state index contributed by atoms with van der Waals surface area (Å²) in [7, 11) is 1.70. The highest BCUT2D eigenvalue weighted by Gasteiger charge is 2.22. The Hall–Kier alpha value is -2.49. The number of amides is 1. The second-order valence-electron chi connectivity index (χ2n) is 8.17. The van der Waals surface area contributed by atoms with Crippen LogP contribution < -0.4 is 14.8 Å². The summed E-state index contributed by atoms with van der Waals surface area (Å²) in [6.07, 6.45) is 0.0754. The molecule has 0 aliphatic rings. The van der Waals surface area contributed by atoms with Crippen LogP contribution in [0.3, 0.4) is 0 Å². The molecule has 4 heteroatoms. The quantitative estimate of drug-likeness (QED) is 0.614. The van der Waals surface area contributed by atoms with E-state index in [0.717, 1.165) is 39.3 Å². The Kier molecular flexibility index (Phi) is 7.72. The van der Waals surface area contributed by atoms with Gasteiger partial charge in [-0.2, -0.15) is 0 Å². The van der Waals surface area contributed by atoms with Gasteiger partial charge in [0.2, 0.25) is 0 Å². The molecule has 2 aromatic rings. The highest BCUT2D eigenvalue weighted by atomic mass is 16.5. The maximum atomic E-state index is 12.9. The van der Waals surface area contributed by atoms with Crippen LogP contribution in [0.4, 0.5) is 0 Å². The molecule has 4 nitrogen and oxygen atoms in total. The van der Waals surface area contributed by atoms with E-state index >= 15 is 0 Å². The number of methoxy groups -OCH3 is 1. The van der Waals surface area contributed by atoms with E-state index in [4.69, 9.17) is 9.47 Å². The Morgan fingerprint density at radius 3 is 2.10 bits per heavy atom. The Labute approximate surface area is 175 Å². The zero-order valence-corrected chi connectivity index (χ0v) is 19.1. The van der Waals surface area contributed by atoms with Crippen molar-refractivity contribution in [3.05, 3.63) is 58.1 Å². The summed E-state index contributed by atoms with van der Waals surface area (Å²) in [5.74, 6) is 1.87. The van der Waals surface area contributed by atoms with Crippen LogP contribution in [0.25, 0.3) is 0 Å². The number of carbonyl (C=O) groups is 1. The van der Waals surface area contributed by atoms with Gasteiger partial charge in [-0.1, -0.05) is 26.8 Å². The Morgan fingerprint density at radius 1 is 0.966 bits per heavy atom. The predicted molar refractivity (Wildman–Crippen MR) is 119 cm³/mol. The zero-order valence-electron chi connectivity index (χ0n) is 19.1. The summed E-state index contributed by atoms with van der Waals surface area (Å²) < 4.78 is 11.6. The SMILES string of the molecule is CC[C@@H](Oc1cc(C)cc(C)c1)C(=O)N[C@@H](C)c1cc(C(C)C)c(OC)cc1C. The molecule has 0 bridgehead atoms. The smallest absolute Gasteiger partial charge is 0.261 e. The second-order valence-corrected chi connectivity index (χ2v) is 8.17. The molecule has 1 N–H and O–H groups in total. The van der Waals surface area contributed by atoms with Gasteiger partial charge in [-0.15, -0.1) is 0 Å². The van der Waals surface area contributed by atoms with Crippen LogP contribution in [-0.4, -0.2) is 19.1 Å². The van der Waals surface area contributed by atoms with E-state index < -0.39 is 6.10 Å². The first-order chi connectivity index (χ1) is 13.7. The van der Waals surface area contributed by atoms with Crippen molar-refractivity contribution < 1.29 is 14.3 Å². The summed E-state index contributed by atoms with van der Waals surface area (Å²) in [6.45, 7) is 14.4. The van der Waals surface area contributed by atoms with Gasteiger partial charge in [0.25, 0.3) is 5.91 Å². The van der Waals surface area contributed by atoms with Gasteiger partial charge < -0.3 is 14.8 Å². The first-order valence-electron chi connectivity index (χ1n) is 10.4. The normalized spacial score (nSPS) is 13.1. The van der Waals surface area contributed by atoms with Crippen molar-refractivity contribution in [2.24, 2.45) is 0 Å². The molecule has 0 aliphatic heterocycles. The largest absolute Gasteiger partial charge is 0.496 e. The Morgan fingerprint density at radius 2 is 1.59 bits per heavy atom. The molecule has 158 valence electrons. The minimum atomic E-state index is -0.526. The highest BCUT2D eigenvalue weighted by molar-refractivity contribution is 5.81. The molecule has 0 heterocycles. The number of carbonyl (C=O) groups excluding carboxylic acids is 1.